The van der Waals surface area contributed by atoms with Crippen molar-refractivity contribution in [2.75, 3.05) is 5.73 Å². The second kappa shape index (κ2) is 5.19. The Bertz CT molecular complexity index is 473. The van der Waals surface area contributed by atoms with E-state index in [1.807, 2.05) is 0 Å². The maximum atomic E-state index is 11.0. The van der Waals surface area contributed by atoms with Crippen LogP contribution in [0.2, 0.25) is 0 Å². The average Bonchev–Trinajstić information content (AvgIpc) is 2.65. The van der Waals surface area contributed by atoms with E-state index in [1.54, 1.807) is 11.6 Å². The molecule has 0 amide bonds. The Morgan fingerprint density at radius 3 is 2.37 bits per heavy atom. The highest BCUT2D eigenvalue weighted by Crippen LogP contribution is 2.38. The van der Waals surface area contributed by atoms with Crippen molar-refractivity contribution in [2.24, 2.45) is 11.8 Å². The molecule has 106 valence electrons. The molecule has 2 rings (SSSR count). The molecule has 6 heteroatoms. The predicted octanol–water partition coefficient (Wildman–Crippen LogP) is 3.07. The number of nitrogens with two attached hydrogens (primary N) is 1. The summed E-state index contributed by atoms with van der Waals surface area (Å²) in [5, 5.41) is 15.2. The first-order valence-electron chi connectivity index (χ1n) is 6.90. The first-order chi connectivity index (χ1) is 8.91. The quantitative estimate of drug-likeness (QED) is 0.672. The fourth-order valence-electron chi connectivity index (χ4n) is 3.07. The van der Waals surface area contributed by atoms with Crippen molar-refractivity contribution < 1.29 is 4.92 Å². The summed E-state index contributed by atoms with van der Waals surface area (Å²) >= 11 is 0. The largest absolute Gasteiger partial charge is 0.378 e. The third-order valence-corrected chi connectivity index (χ3v) is 4.30. The Morgan fingerprint density at radius 1 is 1.37 bits per heavy atom. The second-order valence-electron chi connectivity index (χ2n) is 5.83. The lowest BCUT2D eigenvalue weighted by Crippen LogP contribution is -2.22. The van der Waals surface area contributed by atoms with Crippen LogP contribution in [0.3, 0.4) is 0 Å². The van der Waals surface area contributed by atoms with E-state index in [0.29, 0.717) is 11.6 Å². The van der Waals surface area contributed by atoms with Gasteiger partial charge in [-0.15, -0.1) is 0 Å². The molecule has 6 nitrogen and oxygen atoms in total. The van der Waals surface area contributed by atoms with Gasteiger partial charge in [-0.2, -0.15) is 5.10 Å². The van der Waals surface area contributed by atoms with Gasteiger partial charge in [0.15, 0.2) is 0 Å². The molecule has 1 fully saturated rings. The number of hydrogen-bond acceptors (Lipinski definition) is 4. The molecule has 1 saturated carbocycles. The van der Waals surface area contributed by atoms with Crippen molar-refractivity contribution in [2.45, 2.75) is 52.5 Å². The molecule has 2 N–H and O–H groups in total. The third kappa shape index (κ3) is 2.57. The molecule has 1 aliphatic carbocycles. The van der Waals surface area contributed by atoms with E-state index in [2.05, 4.69) is 18.9 Å². The van der Waals surface area contributed by atoms with Gasteiger partial charge in [-0.05, 0) is 44.4 Å². The zero-order valence-corrected chi connectivity index (χ0v) is 11.8. The smallest absolute Gasteiger partial charge is 0.333 e. The molecule has 0 radical (unpaired) electrons. The minimum absolute atomic E-state index is 0.0361. The lowest BCUT2D eigenvalue weighted by molar-refractivity contribution is -0.384. The summed E-state index contributed by atoms with van der Waals surface area (Å²) in [6, 6.07) is 0.211. The SMILES string of the molecule is Cc1nn(C2CCC(C(C)C)CC2)c(N)c1[N+](=O)[O-]. The van der Waals surface area contributed by atoms with E-state index in [0.717, 1.165) is 31.6 Å². The number of aromatic nitrogens is 2. The van der Waals surface area contributed by atoms with Crippen LogP contribution in [0, 0.1) is 28.9 Å². The van der Waals surface area contributed by atoms with Crippen LogP contribution in [-0.4, -0.2) is 14.7 Å². The van der Waals surface area contributed by atoms with Crippen LogP contribution in [0.4, 0.5) is 11.5 Å². The summed E-state index contributed by atoms with van der Waals surface area (Å²) in [6.45, 7) is 6.15. The Balaban J connectivity index is 2.16. The highest BCUT2D eigenvalue weighted by molar-refractivity contribution is 5.56. The van der Waals surface area contributed by atoms with Crippen LogP contribution >= 0.6 is 0 Å². The Labute approximate surface area is 113 Å². The molecule has 0 bridgehead atoms. The minimum Gasteiger partial charge on any atom is -0.378 e. The first kappa shape index (κ1) is 13.8. The first-order valence-corrected chi connectivity index (χ1v) is 6.90. The van der Waals surface area contributed by atoms with Gasteiger partial charge in [-0.1, -0.05) is 13.8 Å². The van der Waals surface area contributed by atoms with Crippen molar-refractivity contribution in [3.63, 3.8) is 0 Å². The number of anilines is 1. The van der Waals surface area contributed by atoms with Gasteiger partial charge in [0.2, 0.25) is 5.82 Å². The molecule has 1 heterocycles. The van der Waals surface area contributed by atoms with Gasteiger partial charge in [0.25, 0.3) is 0 Å². The highest BCUT2D eigenvalue weighted by atomic mass is 16.6. The summed E-state index contributed by atoms with van der Waals surface area (Å²) in [5.41, 5.74) is 6.26. The number of nitro groups is 1. The van der Waals surface area contributed by atoms with Gasteiger partial charge in [-0.25, -0.2) is 4.68 Å². The summed E-state index contributed by atoms with van der Waals surface area (Å²) in [4.78, 5) is 10.5. The minimum atomic E-state index is -0.437. The summed E-state index contributed by atoms with van der Waals surface area (Å²) in [6.07, 6.45) is 4.31. The molecular weight excluding hydrogens is 244 g/mol. The predicted molar refractivity (Wildman–Crippen MR) is 73.9 cm³/mol. The Kier molecular flexibility index (Phi) is 3.78. The van der Waals surface area contributed by atoms with Gasteiger partial charge < -0.3 is 5.73 Å². The lowest BCUT2D eigenvalue weighted by Gasteiger charge is -2.31. The van der Waals surface area contributed by atoms with Gasteiger partial charge in [0, 0.05) is 0 Å². The molecule has 0 saturated heterocycles. The summed E-state index contributed by atoms with van der Waals surface area (Å²) in [5.74, 6) is 1.66. The van der Waals surface area contributed by atoms with Crippen molar-refractivity contribution in [3.05, 3.63) is 15.8 Å². The fraction of sp³-hybridized carbons (Fsp3) is 0.769. The van der Waals surface area contributed by atoms with Crippen LogP contribution in [0.5, 0.6) is 0 Å². The molecule has 0 aromatic carbocycles. The van der Waals surface area contributed by atoms with Gasteiger partial charge in [0.05, 0.1) is 11.0 Å². The third-order valence-electron chi connectivity index (χ3n) is 4.30. The monoisotopic (exact) mass is 266 g/mol. The Hall–Kier alpha value is -1.59. The van der Waals surface area contributed by atoms with Crippen LogP contribution in [0.15, 0.2) is 0 Å². The molecule has 1 aliphatic rings. The summed E-state index contributed by atoms with van der Waals surface area (Å²) in [7, 11) is 0. The molecule has 0 unspecified atom stereocenters. The van der Waals surface area contributed by atoms with E-state index in [1.165, 1.54) is 0 Å². The number of nitrogens with zero attached hydrogens (tertiary/aromatic N) is 3. The molecule has 0 aliphatic heterocycles. The molecule has 19 heavy (non-hydrogen) atoms. The summed E-state index contributed by atoms with van der Waals surface area (Å²) < 4.78 is 1.67. The van der Waals surface area contributed by atoms with E-state index in [-0.39, 0.29) is 17.5 Å². The van der Waals surface area contributed by atoms with Gasteiger partial charge >= 0.3 is 5.69 Å². The number of aryl methyl sites for hydroxylation is 1. The highest BCUT2D eigenvalue weighted by Gasteiger charge is 2.30. The molecule has 0 spiro atoms. The second-order valence-corrected chi connectivity index (χ2v) is 5.83. The van der Waals surface area contributed by atoms with Gasteiger partial charge in [-0.3, -0.25) is 10.1 Å². The number of hydrogen-bond donors (Lipinski definition) is 1. The molecule has 0 atom stereocenters. The topological polar surface area (TPSA) is 87.0 Å². The molecular formula is C13H22N4O2. The van der Waals surface area contributed by atoms with Crippen LogP contribution in [0.25, 0.3) is 0 Å². The van der Waals surface area contributed by atoms with Gasteiger partial charge in [0.1, 0.15) is 5.69 Å². The Morgan fingerprint density at radius 2 is 1.95 bits per heavy atom. The van der Waals surface area contributed by atoms with Crippen molar-refractivity contribution >= 4 is 11.5 Å². The fourth-order valence-corrected chi connectivity index (χ4v) is 3.07. The maximum Gasteiger partial charge on any atom is 0.333 e. The molecule has 1 aromatic rings. The van der Waals surface area contributed by atoms with Crippen LogP contribution in [-0.2, 0) is 0 Å². The van der Waals surface area contributed by atoms with Crippen molar-refractivity contribution in [1.29, 1.82) is 0 Å². The van der Waals surface area contributed by atoms with Crippen molar-refractivity contribution in [3.8, 4) is 0 Å². The number of rotatable bonds is 3. The van der Waals surface area contributed by atoms with Crippen LogP contribution in [0.1, 0.15) is 51.3 Å². The standard InChI is InChI=1S/C13H22N4O2/c1-8(2)10-4-6-11(7-5-10)16-13(14)12(17(18)19)9(3)15-16/h8,10-11H,4-7,14H2,1-3H3. The van der Waals surface area contributed by atoms with Crippen LogP contribution < -0.4 is 5.73 Å². The number of nitrogen functional groups attached to an aromatic ring is 1. The maximum absolute atomic E-state index is 11.0. The van der Waals surface area contributed by atoms with Crippen molar-refractivity contribution in [1.82, 2.24) is 9.78 Å². The average molecular weight is 266 g/mol. The van der Waals surface area contributed by atoms with E-state index in [4.69, 9.17) is 5.73 Å². The van der Waals surface area contributed by atoms with E-state index < -0.39 is 4.92 Å². The molecule has 1 aromatic heterocycles. The zero-order chi connectivity index (χ0) is 14.2. The lowest BCUT2D eigenvalue weighted by atomic mass is 9.80. The van der Waals surface area contributed by atoms with E-state index in [9.17, 15) is 10.1 Å². The normalized spacial score (nSPS) is 23.8. The zero-order valence-electron chi connectivity index (χ0n) is 11.8. The van der Waals surface area contributed by atoms with E-state index >= 15 is 0 Å².